The highest BCUT2D eigenvalue weighted by molar-refractivity contribution is 5.99. The minimum absolute atomic E-state index is 0.0925. The van der Waals surface area contributed by atoms with Crippen molar-refractivity contribution in [1.82, 2.24) is 0 Å². The molecule has 4 rings (SSSR count). The number of methoxy groups -OCH3 is 1. The van der Waals surface area contributed by atoms with Crippen molar-refractivity contribution in [3.05, 3.63) is 102 Å². The van der Waals surface area contributed by atoms with Crippen molar-refractivity contribution in [2.45, 2.75) is 45.6 Å². The molecule has 0 aliphatic rings. The standard InChI is InChI=1S/C33H35NO5/c1-4-38-27-17-19-28(20-18-27)39-22-24-15-16-26(11-8-14-32(35)37-3)31(21-24)34-33(36)23(2)29-13-7-10-25-9-5-6-12-30(25)29/h5-7,9-10,12-13,15-21,23H,4,8,11,14,22H2,1-3H3,(H,34,36). The number of fused-ring (bicyclic) bond motifs is 1. The van der Waals surface area contributed by atoms with Gasteiger partial charge in [0.1, 0.15) is 18.1 Å². The van der Waals surface area contributed by atoms with Gasteiger partial charge in [0.15, 0.2) is 0 Å². The molecule has 0 saturated carbocycles. The Balaban J connectivity index is 1.52. The molecule has 1 amide bonds. The smallest absolute Gasteiger partial charge is 0.305 e. The van der Waals surface area contributed by atoms with E-state index in [4.69, 9.17) is 14.2 Å². The number of carbonyl (C=O) groups is 2. The number of benzene rings is 4. The third-order valence-corrected chi connectivity index (χ3v) is 6.71. The summed E-state index contributed by atoms with van der Waals surface area (Å²) in [5, 5.41) is 5.33. The summed E-state index contributed by atoms with van der Waals surface area (Å²) in [5.41, 5.74) is 3.59. The van der Waals surface area contributed by atoms with E-state index in [1.807, 2.05) is 86.6 Å². The molecule has 1 N–H and O–H groups in total. The van der Waals surface area contributed by atoms with Crippen molar-refractivity contribution in [2.75, 3.05) is 19.0 Å². The van der Waals surface area contributed by atoms with Gasteiger partial charge in [-0.05, 0) is 84.5 Å². The Hall–Kier alpha value is -4.32. The lowest BCUT2D eigenvalue weighted by atomic mass is 9.94. The zero-order valence-corrected chi connectivity index (χ0v) is 22.7. The lowest BCUT2D eigenvalue weighted by molar-refractivity contribution is -0.140. The van der Waals surface area contributed by atoms with E-state index >= 15 is 0 Å². The van der Waals surface area contributed by atoms with Gasteiger partial charge in [0.25, 0.3) is 0 Å². The first-order chi connectivity index (χ1) is 19.0. The Morgan fingerprint density at radius 1 is 0.872 bits per heavy atom. The molecular formula is C33H35NO5. The van der Waals surface area contributed by atoms with E-state index < -0.39 is 0 Å². The van der Waals surface area contributed by atoms with E-state index in [2.05, 4.69) is 17.4 Å². The van der Waals surface area contributed by atoms with Crippen LogP contribution < -0.4 is 14.8 Å². The highest BCUT2D eigenvalue weighted by Gasteiger charge is 2.19. The fraction of sp³-hybridized carbons (Fsp3) is 0.273. The summed E-state index contributed by atoms with van der Waals surface area (Å²) < 4.78 is 16.3. The van der Waals surface area contributed by atoms with Crippen LogP contribution >= 0.6 is 0 Å². The molecule has 0 aliphatic heterocycles. The molecule has 4 aromatic rings. The number of ether oxygens (including phenoxy) is 3. The normalized spacial score (nSPS) is 11.6. The molecule has 39 heavy (non-hydrogen) atoms. The lowest BCUT2D eigenvalue weighted by Crippen LogP contribution is -2.20. The van der Waals surface area contributed by atoms with Gasteiger partial charge < -0.3 is 19.5 Å². The van der Waals surface area contributed by atoms with E-state index in [0.717, 1.165) is 44.6 Å². The van der Waals surface area contributed by atoms with Crippen molar-refractivity contribution in [1.29, 1.82) is 0 Å². The van der Waals surface area contributed by atoms with Crippen LogP contribution in [0.1, 0.15) is 49.3 Å². The van der Waals surface area contributed by atoms with E-state index in [1.54, 1.807) is 0 Å². The molecule has 6 heteroatoms. The minimum Gasteiger partial charge on any atom is -0.494 e. The Morgan fingerprint density at radius 3 is 2.33 bits per heavy atom. The third-order valence-electron chi connectivity index (χ3n) is 6.71. The Bertz CT molecular complexity index is 1410. The molecule has 0 saturated heterocycles. The average Bonchev–Trinajstić information content (AvgIpc) is 2.97. The summed E-state index contributed by atoms with van der Waals surface area (Å²) in [4.78, 5) is 25.1. The number of esters is 1. The molecule has 1 unspecified atom stereocenters. The van der Waals surface area contributed by atoms with Crippen molar-refractivity contribution in [3.63, 3.8) is 0 Å². The number of hydrogen-bond donors (Lipinski definition) is 1. The van der Waals surface area contributed by atoms with Gasteiger partial charge in [0, 0.05) is 12.1 Å². The predicted molar refractivity (Wildman–Crippen MR) is 154 cm³/mol. The van der Waals surface area contributed by atoms with Gasteiger partial charge in [0.2, 0.25) is 5.91 Å². The number of amides is 1. The topological polar surface area (TPSA) is 73.9 Å². The first-order valence-electron chi connectivity index (χ1n) is 13.3. The van der Waals surface area contributed by atoms with E-state index in [0.29, 0.717) is 32.5 Å². The summed E-state index contributed by atoms with van der Waals surface area (Å²) in [7, 11) is 1.39. The maximum atomic E-state index is 13.5. The van der Waals surface area contributed by atoms with Crippen LogP contribution in [-0.2, 0) is 27.4 Å². The summed E-state index contributed by atoms with van der Waals surface area (Å²) in [6, 6.07) is 27.6. The number of nitrogens with one attached hydrogen (secondary N) is 1. The monoisotopic (exact) mass is 525 g/mol. The average molecular weight is 526 g/mol. The molecule has 0 fully saturated rings. The molecule has 202 valence electrons. The molecule has 0 spiro atoms. The molecule has 0 aromatic heterocycles. The zero-order chi connectivity index (χ0) is 27.6. The Kier molecular flexibility index (Phi) is 9.57. The van der Waals surface area contributed by atoms with Gasteiger partial charge in [-0.1, -0.05) is 54.6 Å². The van der Waals surface area contributed by atoms with Gasteiger partial charge >= 0.3 is 5.97 Å². The van der Waals surface area contributed by atoms with Crippen molar-refractivity contribution < 1.29 is 23.8 Å². The highest BCUT2D eigenvalue weighted by atomic mass is 16.5. The maximum Gasteiger partial charge on any atom is 0.305 e. The lowest BCUT2D eigenvalue weighted by Gasteiger charge is -2.18. The molecule has 1 atom stereocenters. The van der Waals surface area contributed by atoms with Crippen LogP contribution in [0.4, 0.5) is 5.69 Å². The second-order valence-corrected chi connectivity index (χ2v) is 9.39. The van der Waals surface area contributed by atoms with Crippen molar-refractivity contribution in [3.8, 4) is 11.5 Å². The minimum atomic E-state index is -0.359. The third kappa shape index (κ3) is 7.38. The van der Waals surface area contributed by atoms with Gasteiger partial charge in [0.05, 0.1) is 19.6 Å². The summed E-state index contributed by atoms with van der Waals surface area (Å²) in [6.07, 6.45) is 1.57. The van der Waals surface area contributed by atoms with Crippen LogP contribution in [0.25, 0.3) is 10.8 Å². The Labute approximate surface area is 229 Å². The van der Waals surface area contributed by atoms with Crippen LogP contribution in [0, 0.1) is 0 Å². The van der Waals surface area contributed by atoms with Gasteiger partial charge in [-0.3, -0.25) is 9.59 Å². The molecule has 0 aliphatic carbocycles. The van der Waals surface area contributed by atoms with Crippen LogP contribution in [0.3, 0.4) is 0 Å². The number of aryl methyl sites for hydroxylation is 1. The number of rotatable bonds is 12. The van der Waals surface area contributed by atoms with Gasteiger partial charge in [-0.2, -0.15) is 0 Å². The quantitative estimate of drug-likeness (QED) is 0.201. The van der Waals surface area contributed by atoms with Crippen LogP contribution in [0.5, 0.6) is 11.5 Å². The first kappa shape index (κ1) is 27.7. The number of hydrogen-bond acceptors (Lipinski definition) is 5. The molecule has 0 radical (unpaired) electrons. The van der Waals surface area contributed by atoms with Crippen molar-refractivity contribution >= 4 is 28.3 Å². The van der Waals surface area contributed by atoms with Crippen LogP contribution in [0.15, 0.2) is 84.9 Å². The van der Waals surface area contributed by atoms with Crippen LogP contribution in [0.2, 0.25) is 0 Å². The summed E-state index contributed by atoms with van der Waals surface area (Å²) in [5.74, 6) is 0.834. The van der Waals surface area contributed by atoms with E-state index in [1.165, 1.54) is 7.11 Å². The van der Waals surface area contributed by atoms with Gasteiger partial charge in [-0.15, -0.1) is 0 Å². The predicted octanol–water partition coefficient (Wildman–Crippen LogP) is 7.06. The second-order valence-electron chi connectivity index (χ2n) is 9.39. The highest BCUT2D eigenvalue weighted by Crippen LogP contribution is 2.28. The fourth-order valence-electron chi connectivity index (χ4n) is 4.55. The largest absolute Gasteiger partial charge is 0.494 e. The molecule has 0 bridgehead atoms. The molecular weight excluding hydrogens is 490 g/mol. The summed E-state index contributed by atoms with van der Waals surface area (Å²) in [6.45, 7) is 4.83. The van der Waals surface area contributed by atoms with E-state index in [-0.39, 0.29) is 17.8 Å². The fourth-order valence-corrected chi connectivity index (χ4v) is 4.55. The second kappa shape index (κ2) is 13.5. The van der Waals surface area contributed by atoms with Crippen LogP contribution in [-0.4, -0.2) is 25.6 Å². The van der Waals surface area contributed by atoms with E-state index in [9.17, 15) is 9.59 Å². The first-order valence-corrected chi connectivity index (χ1v) is 13.3. The maximum absolute atomic E-state index is 13.5. The zero-order valence-electron chi connectivity index (χ0n) is 22.7. The van der Waals surface area contributed by atoms with Gasteiger partial charge in [-0.25, -0.2) is 0 Å². The summed E-state index contributed by atoms with van der Waals surface area (Å²) >= 11 is 0. The number of anilines is 1. The Morgan fingerprint density at radius 2 is 1.59 bits per heavy atom. The SMILES string of the molecule is CCOc1ccc(OCc2ccc(CCCC(=O)OC)c(NC(=O)C(C)c3cccc4ccccc34)c2)cc1. The molecule has 4 aromatic carbocycles. The number of carbonyl (C=O) groups excluding carboxylic acids is 2. The van der Waals surface area contributed by atoms with Crippen molar-refractivity contribution in [2.24, 2.45) is 0 Å². The molecule has 0 heterocycles. The molecule has 6 nitrogen and oxygen atoms in total.